The predicted octanol–water partition coefficient (Wildman–Crippen LogP) is 2.74. The third-order valence-corrected chi connectivity index (χ3v) is 4.37. The van der Waals surface area contributed by atoms with Crippen LogP contribution in [0.1, 0.15) is 51.9 Å². The molecule has 0 bridgehead atoms. The fourth-order valence-electron chi connectivity index (χ4n) is 3.00. The Morgan fingerprint density at radius 3 is 2.78 bits per heavy atom. The number of rotatable bonds is 7. The maximum absolute atomic E-state index is 5.93. The molecule has 0 radical (unpaired) electrons. The molecule has 2 fully saturated rings. The van der Waals surface area contributed by atoms with Crippen LogP contribution in [-0.2, 0) is 9.47 Å². The molecule has 1 aliphatic heterocycles. The zero-order chi connectivity index (χ0) is 12.6. The molecule has 2 unspecified atom stereocenters. The third-order valence-electron chi connectivity index (χ3n) is 4.37. The van der Waals surface area contributed by atoms with Gasteiger partial charge in [-0.05, 0) is 45.1 Å². The van der Waals surface area contributed by atoms with E-state index in [1.165, 1.54) is 38.5 Å². The van der Waals surface area contributed by atoms with Crippen molar-refractivity contribution in [2.24, 2.45) is 5.92 Å². The highest BCUT2D eigenvalue weighted by Gasteiger charge is 2.21. The number of hydrogen-bond donors (Lipinski definition) is 1. The number of hydrogen-bond acceptors (Lipinski definition) is 3. The molecule has 0 aromatic heterocycles. The second-order valence-electron chi connectivity index (χ2n) is 5.85. The molecule has 2 atom stereocenters. The van der Waals surface area contributed by atoms with Crippen LogP contribution in [0.3, 0.4) is 0 Å². The first-order chi connectivity index (χ1) is 8.86. The Bertz CT molecular complexity index is 211. The van der Waals surface area contributed by atoms with Gasteiger partial charge in [0.05, 0.1) is 12.7 Å². The van der Waals surface area contributed by atoms with Gasteiger partial charge in [-0.1, -0.05) is 19.3 Å². The highest BCUT2D eigenvalue weighted by molar-refractivity contribution is 4.75. The van der Waals surface area contributed by atoms with Gasteiger partial charge in [-0.2, -0.15) is 0 Å². The predicted molar refractivity (Wildman–Crippen MR) is 73.8 cm³/mol. The summed E-state index contributed by atoms with van der Waals surface area (Å²) in [7, 11) is 0. The molecule has 2 aliphatic rings. The topological polar surface area (TPSA) is 30.5 Å². The van der Waals surface area contributed by atoms with Crippen molar-refractivity contribution in [3.8, 4) is 0 Å². The summed E-state index contributed by atoms with van der Waals surface area (Å²) in [5.74, 6) is 0.712. The van der Waals surface area contributed by atoms with Crippen molar-refractivity contribution in [3.63, 3.8) is 0 Å². The Morgan fingerprint density at radius 1 is 1.22 bits per heavy atom. The number of nitrogens with one attached hydrogen (secondary N) is 1. The Morgan fingerprint density at radius 2 is 2.06 bits per heavy atom. The van der Waals surface area contributed by atoms with E-state index < -0.39 is 0 Å². The molecule has 0 amide bonds. The lowest BCUT2D eigenvalue weighted by atomic mass is 9.98. The van der Waals surface area contributed by atoms with E-state index in [0.29, 0.717) is 18.1 Å². The molecule has 1 saturated carbocycles. The monoisotopic (exact) mass is 255 g/mol. The van der Waals surface area contributed by atoms with Crippen LogP contribution < -0.4 is 5.32 Å². The van der Waals surface area contributed by atoms with Crippen LogP contribution in [0.5, 0.6) is 0 Å². The highest BCUT2D eigenvalue weighted by Crippen LogP contribution is 2.20. The van der Waals surface area contributed by atoms with Gasteiger partial charge < -0.3 is 14.8 Å². The summed E-state index contributed by atoms with van der Waals surface area (Å²) in [6, 6.07) is 0.585. The lowest BCUT2D eigenvalue weighted by Crippen LogP contribution is -2.35. The van der Waals surface area contributed by atoms with E-state index in [0.717, 1.165) is 32.8 Å². The first kappa shape index (κ1) is 14.3. The molecule has 2 rings (SSSR count). The third kappa shape index (κ3) is 4.87. The van der Waals surface area contributed by atoms with Gasteiger partial charge in [0, 0.05) is 19.3 Å². The van der Waals surface area contributed by atoms with Crippen molar-refractivity contribution in [2.45, 2.75) is 64.0 Å². The number of ether oxygens (including phenoxy) is 2. The molecular formula is C15H29NO2. The lowest BCUT2D eigenvalue weighted by Gasteiger charge is -2.23. The molecule has 106 valence electrons. The highest BCUT2D eigenvalue weighted by atomic mass is 16.5. The first-order valence-electron chi connectivity index (χ1n) is 7.79. The minimum Gasteiger partial charge on any atom is -0.381 e. The molecule has 1 saturated heterocycles. The van der Waals surface area contributed by atoms with Crippen LogP contribution in [-0.4, -0.2) is 38.5 Å². The van der Waals surface area contributed by atoms with Gasteiger partial charge in [-0.25, -0.2) is 0 Å². The zero-order valence-corrected chi connectivity index (χ0v) is 11.8. The molecule has 18 heavy (non-hydrogen) atoms. The summed E-state index contributed by atoms with van der Waals surface area (Å²) < 4.78 is 11.3. The van der Waals surface area contributed by atoms with Crippen molar-refractivity contribution < 1.29 is 9.47 Å². The molecule has 0 aromatic carbocycles. The van der Waals surface area contributed by atoms with Crippen molar-refractivity contribution in [1.82, 2.24) is 5.32 Å². The van der Waals surface area contributed by atoms with E-state index in [-0.39, 0.29) is 0 Å². The summed E-state index contributed by atoms with van der Waals surface area (Å²) in [5, 5.41) is 3.60. The van der Waals surface area contributed by atoms with Crippen LogP contribution in [0.2, 0.25) is 0 Å². The normalized spacial score (nSPS) is 27.5. The standard InChI is InChI=1S/C15H29NO2/c1-13(14-8-11-17-12-14)16-9-5-10-18-15-6-3-2-4-7-15/h13-16H,2-12H2,1H3. The van der Waals surface area contributed by atoms with E-state index in [1.54, 1.807) is 0 Å². The zero-order valence-electron chi connectivity index (χ0n) is 11.8. The van der Waals surface area contributed by atoms with Crippen LogP contribution >= 0.6 is 0 Å². The van der Waals surface area contributed by atoms with Gasteiger partial charge in [0.1, 0.15) is 0 Å². The average Bonchev–Trinajstić information content (AvgIpc) is 2.93. The van der Waals surface area contributed by atoms with Gasteiger partial charge in [0.2, 0.25) is 0 Å². The van der Waals surface area contributed by atoms with Crippen molar-refractivity contribution in [1.29, 1.82) is 0 Å². The van der Waals surface area contributed by atoms with Crippen LogP contribution in [0.4, 0.5) is 0 Å². The fraction of sp³-hybridized carbons (Fsp3) is 1.00. The van der Waals surface area contributed by atoms with E-state index in [9.17, 15) is 0 Å². The van der Waals surface area contributed by atoms with Crippen LogP contribution in [0.15, 0.2) is 0 Å². The molecule has 3 heteroatoms. The van der Waals surface area contributed by atoms with E-state index in [2.05, 4.69) is 12.2 Å². The van der Waals surface area contributed by atoms with Gasteiger partial charge >= 0.3 is 0 Å². The Balaban J connectivity index is 1.45. The maximum Gasteiger partial charge on any atom is 0.0575 e. The Kier molecular flexibility index (Phi) is 6.46. The van der Waals surface area contributed by atoms with Gasteiger partial charge in [-0.3, -0.25) is 0 Å². The summed E-state index contributed by atoms with van der Waals surface area (Å²) in [5.41, 5.74) is 0. The molecule has 0 aromatic rings. The SMILES string of the molecule is CC(NCCCOC1CCCCC1)C1CCOC1. The fourth-order valence-corrected chi connectivity index (χ4v) is 3.00. The Hall–Kier alpha value is -0.120. The van der Waals surface area contributed by atoms with Gasteiger partial charge in [-0.15, -0.1) is 0 Å². The summed E-state index contributed by atoms with van der Waals surface area (Å²) >= 11 is 0. The summed E-state index contributed by atoms with van der Waals surface area (Å²) in [6.45, 7) is 6.16. The van der Waals surface area contributed by atoms with E-state index in [1.807, 2.05) is 0 Å². The molecular weight excluding hydrogens is 226 g/mol. The van der Waals surface area contributed by atoms with Gasteiger partial charge in [0.25, 0.3) is 0 Å². The second-order valence-corrected chi connectivity index (χ2v) is 5.85. The largest absolute Gasteiger partial charge is 0.381 e. The minimum absolute atomic E-state index is 0.555. The van der Waals surface area contributed by atoms with Gasteiger partial charge in [0.15, 0.2) is 0 Å². The van der Waals surface area contributed by atoms with Crippen molar-refractivity contribution in [3.05, 3.63) is 0 Å². The minimum atomic E-state index is 0.555. The summed E-state index contributed by atoms with van der Waals surface area (Å²) in [4.78, 5) is 0. The lowest BCUT2D eigenvalue weighted by molar-refractivity contribution is 0.0269. The molecule has 0 spiro atoms. The first-order valence-corrected chi connectivity index (χ1v) is 7.79. The second kappa shape index (κ2) is 8.13. The molecule has 3 nitrogen and oxygen atoms in total. The molecule has 1 N–H and O–H groups in total. The molecule has 1 heterocycles. The maximum atomic E-state index is 5.93. The van der Waals surface area contributed by atoms with E-state index in [4.69, 9.17) is 9.47 Å². The molecule has 1 aliphatic carbocycles. The Labute approximate surface area is 112 Å². The van der Waals surface area contributed by atoms with E-state index >= 15 is 0 Å². The van der Waals surface area contributed by atoms with Crippen LogP contribution in [0.25, 0.3) is 0 Å². The average molecular weight is 255 g/mol. The van der Waals surface area contributed by atoms with Crippen molar-refractivity contribution in [2.75, 3.05) is 26.4 Å². The van der Waals surface area contributed by atoms with Crippen molar-refractivity contribution >= 4 is 0 Å². The quantitative estimate of drug-likeness (QED) is 0.710. The van der Waals surface area contributed by atoms with Crippen LogP contribution in [0, 0.1) is 5.92 Å². The summed E-state index contributed by atoms with van der Waals surface area (Å²) in [6.07, 6.45) is 9.60. The smallest absolute Gasteiger partial charge is 0.0575 e.